The second-order valence-electron chi connectivity index (χ2n) is 8.67. The summed E-state index contributed by atoms with van der Waals surface area (Å²) >= 11 is 0. The van der Waals surface area contributed by atoms with Gasteiger partial charge in [-0.1, -0.05) is 18.2 Å². The van der Waals surface area contributed by atoms with Crippen LogP contribution in [0.2, 0.25) is 0 Å². The quantitative estimate of drug-likeness (QED) is 0.539. The average molecular weight is 455 g/mol. The number of aromatic carboxylic acids is 1. The molecule has 2 aliphatic rings. The standard InChI is InChI=1S/C27H26N4O3/c1-30-23-11-10-19(27(33)34)16-21(23)24(26(30)32)25(22-9-2-3-12-28-22)29-20-8-6-7-18(15-20)17-31-13-4-5-14-31/h2-3,6-12,15-16,29H,4-5,13-14,17H2,1H3,(H,33,34). The molecule has 0 aliphatic carbocycles. The summed E-state index contributed by atoms with van der Waals surface area (Å²) in [5.41, 5.74) is 4.99. The van der Waals surface area contributed by atoms with Crippen LogP contribution >= 0.6 is 0 Å². The van der Waals surface area contributed by atoms with Crippen LogP contribution in [0.4, 0.5) is 11.4 Å². The number of fused-ring (bicyclic) bond motifs is 1. The van der Waals surface area contributed by atoms with Crippen molar-refractivity contribution in [2.45, 2.75) is 19.4 Å². The van der Waals surface area contributed by atoms with Gasteiger partial charge in [0.05, 0.1) is 28.2 Å². The Kier molecular flexibility index (Phi) is 5.86. The lowest BCUT2D eigenvalue weighted by Gasteiger charge is -2.17. The normalized spacial score (nSPS) is 17.1. The van der Waals surface area contributed by atoms with Crippen molar-refractivity contribution in [3.05, 3.63) is 89.2 Å². The molecule has 7 nitrogen and oxygen atoms in total. The molecule has 0 spiro atoms. The first kappa shape index (κ1) is 21.9. The molecule has 0 bridgehead atoms. The number of rotatable bonds is 6. The summed E-state index contributed by atoms with van der Waals surface area (Å²) in [6.07, 6.45) is 4.15. The Hall–Kier alpha value is -3.97. The van der Waals surface area contributed by atoms with Gasteiger partial charge in [0.1, 0.15) is 0 Å². The second kappa shape index (κ2) is 9.11. The van der Waals surface area contributed by atoms with Gasteiger partial charge in [-0.3, -0.25) is 14.7 Å². The number of carbonyl (C=O) groups is 2. The number of nitrogens with zero attached hydrogens (tertiary/aromatic N) is 3. The number of aromatic nitrogens is 1. The Morgan fingerprint density at radius 3 is 2.62 bits per heavy atom. The van der Waals surface area contributed by atoms with Crippen molar-refractivity contribution >= 4 is 34.5 Å². The topological polar surface area (TPSA) is 85.8 Å². The first-order chi connectivity index (χ1) is 16.5. The second-order valence-corrected chi connectivity index (χ2v) is 8.67. The minimum atomic E-state index is -1.04. The van der Waals surface area contributed by atoms with Gasteiger partial charge in [-0.25, -0.2) is 4.79 Å². The highest BCUT2D eigenvalue weighted by Crippen LogP contribution is 2.40. The molecule has 0 radical (unpaired) electrons. The van der Waals surface area contributed by atoms with Gasteiger partial charge < -0.3 is 15.3 Å². The van der Waals surface area contributed by atoms with Crippen LogP contribution in [0.3, 0.4) is 0 Å². The largest absolute Gasteiger partial charge is 0.478 e. The van der Waals surface area contributed by atoms with E-state index in [0.29, 0.717) is 28.2 Å². The number of carboxylic acid groups (broad SMARTS) is 1. The van der Waals surface area contributed by atoms with Crippen LogP contribution in [0.15, 0.2) is 66.9 Å². The van der Waals surface area contributed by atoms with Gasteiger partial charge >= 0.3 is 5.97 Å². The minimum Gasteiger partial charge on any atom is -0.478 e. The lowest BCUT2D eigenvalue weighted by Crippen LogP contribution is -2.21. The first-order valence-electron chi connectivity index (χ1n) is 11.4. The number of likely N-dealkylation sites (tertiary alicyclic amines) is 1. The zero-order chi connectivity index (χ0) is 23.7. The lowest BCUT2D eigenvalue weighted by atomic mass is 10.00. The van der Waals surface area contributed by atoms with E-state index in [9.17, 15) is 14.7 Å². The molecule has 2 aromatic carbocycles. The molecular weight excluding hydrogens is 428 g/mol. The van der Waals surface area contributed by atoms with Gasteiger partial charge in [-0.05, 0) is 74.0 Å². The summed E-state index contributed by atoms with van der Waals surface area (Å²) in [7, 11) is 1.70. The Bertz CT molecular complexity index is 1280. The van der Waals surface area contributed by atoms with Gasteiger partial charge in [0.25, 0.3) is 5.91 Å². The van der Waals surface area contributed by atoms with E-state index in [4.69, 9.17) is 0 Å². The molecule has 0 unspecified atom stereocenters. The molecule has 34 heavy (non-hydrogen) atoms. The van der Waals surface area contributed by atoms with Crippen molar-refractivity contribution < 1.29 is 14.7 Å². The molecule has 3 aromatic rings. The highest BCUT2D eigenvalue weighted by molar-refractivity contribution is 6.38. The van der Waals surface area contributed by atoms with Gasteiger partial charge in [0.2, 0.25) is 0 Å². The predicted molar refractivity (Wildman–Crippen MR) is 132 cm³/mol. The van der Waals surface area contributed by atoms with E-state index < -0.39 is 5.97 Å². The van der Waals surface area contributed by atoms with E-state index in [1.54, 1.807) is 30.3 Å². The number of hydrogen-bond acceptors (Lipinski definition) is 5. The minimum absolute atomic E-state index is 0.132. The Balaban J connectivity index is 1.60. The third kappa shape index (κ3) is 4.18. The lowest BCUT2D eigenvalue weighted by molar-refractivity contribution is -0.112. The smallest absolute Gasteiger partial charge is 0.335 e. The maximum Gasteiger partial charge on any atom is 0.335 e. The zero-order valence-corrected chi connectivity index (χ0v) is 19.0. The summed E-state index contributed by atoms with van der Waals surface area (Å²) < 4.78 is 0. The third-order valence-electron chi connectivity index (χ3n) is 6.36. The summed E-state index contributed by atoms with van der Waals surface area (Å²) in [6.45, 7) is 3.12. The van der Waals surface area contributed by atoms with E-state index in [-0.39, 0.29) is 11.5 Å². The fraction of sp³-hybridized carbons (Fsp3) is 0.222. The maximum atomic E-state index is 13.4. The van der Waals surface area contributed by atoms with Crippen molar-refractivity contribution in [3.63, 3.8) is 0 Å². The van der Waals surface area contributed by atoms with Gasteiger partial charge in [-0.15, -0.1) is 0 Å². The van der Waals surface area contributed by atoms with E-state index >= 15 is 0 Å². The monoisotopic (exact) mass is 454 g/mol. The number of amides is 1. The number of nitrogens with one attached hydrogen (secondary N) is 1. The molecule has 172 valence electrons. The fourth-order valence-corrected chi connectivity index (χ4v) is 4.65. The summed E-state index contributed by atoms with van der Waals surface area (Å²) in [5, 5.41) is 13.0. The summed E-state index contributed by atoms with van der Waals surface area (Å²) in [4.78, 5) is 33.5. The molecule has 0 saturated carbocycles. The highest BCUT2D eigenvalue weighted by Gasteiger charge is 2.34. The van der Waals surface area contributed by atoms with E-state index in [0.717, 1.165) is 25.3 Å². The van der Waals surface area contributed by atoms with Crippen LogP contribution in [-0.2, 0) is 11.3 Å². The maximum absolute atomic E-state index is 13.4. The van der Waals surface area contributed by atoms with Crippen LogP contribution in [0.1, 0.15) is 40.0 Å². The van der Waals surface area contributed by atoms with Crippen molar-refractivity contribution in [1.29, 1.82) is 0 Å². The third-order valence-corrected chi connectivity index (χ3v) is 6.36. The number of hydrogen-bond donors (Lipinski definition) is 2. The molecular formula is C27H26N4O3. The molecule has 1 amide bonds. The number of pyridine rings is 1. The van der Waals surface area contributed by atoms with Crippen LogP contribution in [0, 0.1) is 0 Å². The molecule has 1 saturated heterocycles. The average Bonchev–Trinajstić information content (AvgIpc) is 3.44. The zero-order valence-electron chi connectivity index (χ0n) is 19.0. The number of likely N-dealkylation sites (N-methyl/N-ethyl adjacent to an activating group) is 1. The Morgan fingerprint density at radius 2 is 1.88 bits per heavy atom. The molecule has 2 aliphatic heterocycles. The first-order valence-corrected chi connectivity index (χ1v) is 11.4. The van der Waals surface area contributed by atoms with Crippen molar-refractivity contribution in [2.24, 2.45) is 0 Å². The number of carboxylic acids is 1. The number of benzene rings is 2. The fourth-order valence-electron chi connectivity index (χ4n) is 4.65. The van der Waals surface area contributed by atoms with Crippen LogP contribution in [0.5, 0.6) is 0 Å². The van der Waals surface area contributed by atoms with Crippen LogP contribution in [-0.4, -0.2) is 47.0 Å². The van der Waals surface area contributed by atoms with Crippen molar-refractivity contribution in [2.75, 3.05) is 30.4 Å². The summed E-state index contributed by atoms with van der Waals surface area (Å²) in [6, 6.07) is 18.5. The molecule has 1 aromatic heterocycles. The molecule has 1 fully saturated rings. The number of carbonyl (C=O) groups excluding carboxylic acids is 1. The van der Waals surface area contributed by atoms with E-state index in [1.807, 2.05) is 30.3 Å². The number of anilines is 2. The SMILES string of the molecule is CN1C(=O)C(=C(Nc2cccc(CN3CCCC3)c2)c2ccccn2)c2cc(C(=O)O)ccc21. The Labute approximate surface area is 198 Å². The highest BCUT2D eigenvalue weighted by atomic mass is 16.4. The Morgan fingerprint density at radius 1 is 1.06 bits per heavy atom. The van der Waals surface area contributed by atoms with Crippen LogP contribution in [0.25, 0.3) is 11.3 Å². The van der Waals surface area contributed by atoms with Gasteiger partial charge in [0, 0.05) is 31.0 Å². The molecule has 5 rings (SSSR count). The molecule has 3 heterocycles. The predicted octanol–water partition coefficient (Wildman–Crippen LogP) is 4.33. The molecule has 0 atom stereocenters. The molecule has 2 N–H and O–H groups in total. The van der Waals surface area contributed by atoms with Gasteiger partial charge in [-0.2, -0.15) is 0 Å². The van der Waals surface area contributed by atoms with E-state index in [2.05, 4.69) is 27.3 Å². The molecule has 7 heteroatoms. The summed E-state index contributed by atoms with van der Waals surface area (Å²) in [5.74, 6) is -1.25. The van der Waals surface area contributed by atoms with Crippen LogP contribution < -0.4 is 10.2 Å². The van der Waals surface area contributed by atoms with Crippen molar-refractivity contribution in [3.8, 4) is 0 Å². The van der Waals surface area contributed by atoms with E-state index in [1.165, 1.54) is 24.5 Å². The van der Waals surface area contributed by atoms with Gasteiger partial charge in [0.15, 0.2) is 0 Å². The van der Waals surface area contributed by atoms with Crippen molar-refractivity contribution in [1.82, 2.24) is 9.88 Å².